The summed E-state index contributed by atoms with van der Waals surface area (Å²) in [7, 11) is 0. The quantitative estimate of drug-likeness (QED) is 0.872. The van der Waals surface area contributed by atoms with Crippen LogP contribution in [0.5, 0.6) is 0 Å². The highest BCUT2D eigenvalue weighted by atomic mass is 32.2. The minimum absolute atomic E-state index is 0.116. The highest BCUT2D eigenvalue weighted by Gasteiger charge is 2.38. The molecule has 130 valence electrons. The maximum absolute atomic E-state index is 11.5. The number of carbonyl (C=O) groups is 1. The zero-order chi connectivity index (χ0) is 17.0. The summed E-state index contributed by atoms with van der Waals surface area (Å²) in [6, 6.07) is 5.54. The van der Waals surface area contributed by atoms with Crippen molar-refractivity contribution in [1.29, 1.82) is 0 Å². The number of amides is 1. The number of fused-ring (bicyclic) bond motifs is 3. The van der Waals surface area contributed by atoms with Crippen molar-refractivity contribution in [1.82, 2.24) is 10.3 Å². The molecule has 2 aromatic rings. The average Bonchev–Trinajstić information content (AvgIpc) is 3.24. The fourth-order valence-corrected chi connectivity index (χ4v) is 4.63. The van der Waals surface area contributed by atoms with E-state index in [1.807, 2.05) is 12.1 Å². The van der Waals surface area contributed by atoms with E-state index in [-0.39, 0.29) is 5.91 Å². The van der Waals surface area contributed by atoms with Gasteiger partial charge in [0.2, 0.25) is 5.91 Å². The van der Waals surface area contributed by atoms with E-state index in [0.29, 0.717) is 34.9 Å². The first-order valence-corrected chi connectivity index (χ1v) is 9.55. The van der Waals surface area contributed by atoms with Gasteiger partial charge in [0.15, 0.2) is 5.58 Å². The van der Waals surface area contributed by atoms with Crippen molar-refractivity contribution in [3.05, 3.63) is 17.7 Å². The van der Waals surface area contributed by atoms with Crippen LogP contribution < -0.4 is 15.5 Å². The van der Waals surface area contributed by atoms with Gasteiger partial charge in [-0.2, -0.15) is 4.98 Å². The van der Waals surface area contributed by atoms with Crippen molar-refractivity contribution >= 4 is 45.5 Å². The fraction of sp³-hybridized carbons (Fsp3) is 0.471. The number of piperazine rings is 1. The number of piperidine rings is 1. The van der Waals surface area contributed by atoms with Gasteiger partial charge in [0.05, 0.1) is 11.3 Å². The minimum atomic E-state index is -0.116. The number of nitrogens with zero attached hydrogens (tertiary/aromatic N) is 3. The Balaban J connectivity index is 1.60. The smallest absolute Gasteiger partial charge is 0.298 e. The summed E-state index contributed by atoms with van der Waals surface area (Å²) in [5.74, 6) is 0.876. The van der Waals surface area contributed by atoms with Gasteiger partial charge in [-0.05, 0) is 18.6 Å². The number of thioether (sulfide) groups is 1. The van der Waals surface area contributed by atoms with Gasteiger partial charge in [0.25, 0.3) is 6.01 Å². The van der Waals surface area contributed by atoms with E-state index in [4.69, 9.17) is 9.40 Å². The first-order valence-electron chi connectivity index (χ1n) is 8.57. The summed E-state index contributed by atoms with van der Waals surface area (Å²) in [5, 5.41) is 7.37. The molecule has 6 rings (SSSR count). The Morgan fingerprint density at radius 1 is 1.40 bits per heavy atom. The zero-order valence-electron chi connectivity index (χ0n) is 13.9. The van der Waals surface area contributed by atoms with E-state index in [1.54, 1.807) is 11.8 Å². The number of carbonyl (C=O) groups excluding carboxylic acids is 1. The second kappa shape index (κ2) is 5.74. The lowest BCUT2D eigenvalue weighted by molar-refractivity contribution is -0.114. The van der Waals surface area contributed by atoms with Crippen molar-refractivity contribution in [3.8, 4) is 0 Å². The van der Waals surface area contributed by atoms with Crippen molar-refractivity contribution in [2.24, 2.45) is 4.99 Å². The standard InChI is InChI=1S/C17H19N5O2S/c1-9(23)19-13-3-2-12(16-18-4-5-25-16)15-14(13)21-17(24-15)22-7-10-6-11(8-22)20-10/h2-3,10-11,20H,4-8H2,1H3,(H,19,23). The molecular weight excluding hydrogens is 338 g/mol. The van der Waals surface area contributed by atoms with Crippen molar-refractivity contribution in [3.63, 3.8) is 0 Å². The number of benzene rings is 1. The number of anilines is 2. The molecule has 8 heteroatoms. The third kappa shape index (κ3) is 2.60. The second-order valence-corrected chi connectivity index (χ2v) is 7.84. The Hall–Kier alpha value is -2.06. The highest BCUT2D eigenvalue weighted by molar-refractivity contribution is 8.14. The SMILES string of the molecule is CC(=O)Nc1ccc(C2=NCCS2)c2oc(N3CC4CC(C3)N4)nc12. The number of aliphatic imine (C=N–C) groups is 1. The Morgan fingerprint density at radius 2 is 2.20 bits per heavy atom. The third-order valence-electron chi connectivity index (χ3n) is 4.85. The molecule has 5 heterocycles. The van der Waals surface area contributed by atoms with E-state index in [2.05, 4.69) is 20.5 Å². The average molecular weight is 357 g/mol. The Bertz CT molecular complexity index is 877. The number of oxazole rings is 1. The normalized spacial score (nSPS) is 25.0. The molecule has 3 saturated heterocycles. The van der Waals surface area contributed by atoms with Gasteiger partial charge in [-0.25, -0.2) is 0 Å². The third-order valence-corrected chi connectivity index (χ3v) is 5.86. The molecule has 2 N–H and O–H groups in total. The van der Waals surface area contributed by atoms with E-state index >= 15 is 0 Å². The van der Waals surface area contributed by atoms with E-state index < -0.39 is 0 Å². The van der Waals surface area contributed by atoms with Gasteiger partial charge in [-0.1, -0.05) is 0 Å². The predicted molar refractivity (Wildman–Crippen MR) is 99.7 cm³/mol. The summed E-state index contributed by atoms with van der Waals surface area (Å²) in [6.07, 6.45) is 1.23. The van der Waals surface area contributed by atoms with Crippen LogP contribution in [0.1, 0.15) is 18.9 Å². The maximum atomic E-state index is 11.5. The van der Waals surface area contributed by atoms with E-state index in [0.717, 1.165) is 36.0 Å². The molecule has 2 bridgehead atoms. The molecule has 4 aliphatic rings. The van der Waals surface area contributed by atoms with Crippen LogP contribution in [0.25, 0.3) is 11.1 Å². The van der Waals surface area contributed by atoms with Crippen LogP contribution in [0.2, 0.25) is 0 Å². The number of hydrogen-bond acceptors (Lipinski definition) is 7. The fourth-order valence-electron chi connectivity index (χ4n) is 3.76. The molecular formula is C17H19N5O2S. The molecule has 4 aliphatic heterocycles. The summed E-state index contributed by atoms with van der Waals surface area (Å²) >= 11 is 1.73. The molecule has 1 amide bonds. The summed E-state index contributed by atoms with van der Waals surface area (Å²) in [6.45, 7) is 4.15. The minimum Gasteiger partial charge on any atom is -0.423 e. The van der Waals surface area contributed by atoms with E-state index in [9.17, 15) is 4.79 Å². The number of rotatable bonds is 3. The lowest BCUT2D eigenvalue weighted by atomic mass is 9.92. The largest absolute Gasteiger partial charge is 0.423 e. The number of hydrogen-bond donors (Lipinski definition) is 2. The summed E-state index contributed by atoms with van der Waals surface area (Å²) in [5.41, 5.74) is 3.06. The summed E-state index contributed by atoms with van der Waals surface area (Å²) in [4.78, 5) is 23.0. The second-order valence-electron chi connectivity index (χ2n) is 6.75. The van der Waals surface area contributed by atoms with Crippen LogP contribution in [0.3, 0.4) is 0 Å². The van der Waals surface area contributed by atoms with Crippen LogP contribution >= 0.6 is 11.8 Å². The van der Waals surface area contributed by atoms with Crippen LogP contribution in [-0.2, 0) is 4.79 Å². The molecule has 0 spiro atoms. The van der Waals surface area contributed by atoms with Crippen LogP contribution in [0.4, 0.5) is 11.7 Å². The highest BCUT2D eigenvalue weighted by Crippen LogP contribution is 2.35. The van der Waals surface area contributed by atoms with Crippen molar-refractivity contribution in [2.45, 2.75) is 25.4 Å². The molecule has 1 aromatic heterocycles. The first-order chi connectivity index (χ1) is 12.2. The van der Waals surface area contributed by atoms with Crippen LogP contribution in [0, 0.1) is 0 Å². The summed E-state index contributed by atoms with van der Waals surface area (Å²) < 4.78 is 6.18. The number of nitrogens with one attached hydrogen (secondary N) is 2. The topological polar surface area (TPSA) is 82.8 Å². The monoisotopic (exact) mass is 357 g/mol. The molecule has 3 fully saturated rings. The molecule has 7 nitrogen and oxygen atoms in total. The molecule has 2 unspecified atom stereocenters. The Kier molecular flexibility index (Phi) is 3.49. The molecule has 0 radical (unpaired) electrons. The van der Waals surface area contributed by atoms with Gasteiger partial charge in [0.1, 0.15) is 10.6 Å². The lowest BCUT2D eigenvalue weighted by Gasteiger charge is -2.47. The zero-order valence-corrected chi connectivity index (χ0v) is 14.7. The molecule has 0 saturated carbocycles. The van der Waals surface area contributed by atoms with Gasteiger partial charge < -0.3 is 20.0 Å². The lowest BCUT2D eigenvalue weighted by Crippen LogP contribution is -2.67. The molecule has 0 aliphatic carbocycles. The van der Waals surface area contributed by atoms with Gasteiger partial charge >= 0.3 is 0 Å². The van der Waals surface area contributed by atoms with Crippen molar-refractivity contribution in [2.75, 3.05) is 35.6 Å². The van der Waals surface area contributed by atoms with Crippen molar-refractivity contribution < 1.29 is 9.21 Å². The van der Waals surface area contributed by atoms with Crippen LogP contribution in [-0.4, -0.2) is 53.4 Å². The maximum Gasteiger partial charge on any atom is 0.298 e. The van der Waals surface area contributed by atoms with E-state index in [1.165, 1.54) is 13.3 Å². The molecule has 1 aromatic carbocycles. The van der Waals surface area contributed by atoms with Crippen LogP contribution in [0.15, 0.2) is 21.5 Å². The Labute approximate surface area is 149 Å². The molecule has 25 heavy (non-hydrogen) atoms. The van der Waals surface area contributed by atoms with Gasteiger partial charge in [-0.3, -0.25) is 9.79 Å². The van der Waals surface area contributed by atoms with Gasteiger partial charge in [0, 0.05) is 44.4 Å². The Morgan fingerprint density at radius 3 is 2.88 bits per heavy atom. The predicted octanol–water partition coefficient (Wildman–Crippen LogP) is 1.83. The van der Waals surface area contributed by atoms with Gasteiger partial charge in [-0.15, -0.1) is 11.8 Å². The first kappa shape index (κ1) is 15.2. The molecule has 2 atom stereocenters. The number of aromatic nitrogens is 1.